The zero-order chi connectivity index (χ0) is 46.3. The van der Waals surface area contributed by atoms with Crippen molar-refractivity contribution < 1.29 is 57.1 Å². The molecule has 0 aromatic rings. The smallest absolute Gasteiger partial charge is 0.472 e. The Morgan fingerprint density at radius 1 is 0.742 bits per heavy atom. The maximum Gasteiger partial charge on any atom is 0.472 e. The number of ether oxygens (including phenoxy) is 2. The second kappa shape index (κ2) is 38.9. The number of unbranched alkanes of at least 4 members (excludes halogenated alkanes) is 12. The normalized spacial score (nSPS) is 15.5. The molecule has 0 saturated heterocycles. The standard InChI is InChI=1S/C47H83N2O11PS/c1-6-8-10-12-14-16-18-20-22-24-26-28-30-35-46(53)60-41(39-59-61(55,56)58-37-36-49(3,4)5)38-57-47(54)42(48)40-62-44(43(50)32-31-34-45(51)52)33-29-27-25-23-21-19-17-15-13-11-9-7-2/h15-18,21,23,25,27,29,33,41-44,50H,6-14,19-20,22,24,26,28,30-32,34-40,48H2,1-5H3,(H-,51,52,55,56)/p+1/b17-15-,18-16-,23-21-,27-25+,33-29+/t41-,42+,43+,44-/m1/s1. The van der Waals surface area contributed by atoms with E-state index < -0.39 is 62.4 Å². The SMILES string of the molecule is CCCCC/C=C\C\C=C/C=C/C=C/[C@@H](SC[C@H](N)C(=O)OC[C@H](COP(=O)(O)OCC[N+](C)(C)C)OC(=O)CCCCCCC/C=C\CCCCCC)[C@@H](O)CCCC(=O)O. The molecule has 0 fully saturated rings. The number of rotatable bonds is 41. The van der Waals surface area contributed by atoms with Crippen LogP contribution in [0.4, 0.5) is 0 Å². The van der Waals surface area contributed by atoms with Crippen LogP contribution in [0.3, 0.4) is 0 Å². The lowest BCUT2D eigenvalue weighted by Gasteiger charge is -2.24. The van der Waals surface area contributed by atoms with Gasteiger partial charge in [0.05, 0.1) is 33.9 Å². The maximum atomic E-state index is 13.0. The van der Waals surface area contributed by atoms with Crippen molar-refractivity contribution >= 4 is 37.5 Å². The average molecular weight is 916 g/mol. The highest BCUT2D eigenvalue weighted by atomic mass is 32.2. The summed E-state index contributed by atoms with van der Waals surface area (Å²) < 4.78 is 34.3. The highest BCUT2D eigenvalue weighted by molar-refractivity contribution is 8.00. The lowest BCUT2D eigenvalue weighted by atomic mass is 10.1. The molecule has 0 aromatic heterocycles. The largest absolute Gasteiger partial charge is 0.481 e. The molecule has 1 unspecified atom stereocenters. The predicted molar refractivity (Wildman–Crippen MR) is 253 cm³/mol. The summed E-state index contributed by atoms with van der Waals surface area (Å²) in [6.07, 6.45) is 36.0. The van der Waals surface area contributed by atoms with Gasteiger partial charge in [0, 0.05) is 23.8 Å². The van der Waals surface area contributed by atoms with E-state index in [1.54, 1.807) is 12.2 Å². The Morgan fingerprint density at radius 2 is 1.34 bits per heavy atom. The number of carboxylic acids is 1. The lowest BCUT2D eigenvalue weighted by molar-refractivity contribution is -0.870. The number of carboxylic acid groups (broad SMARTS) is 1. The van der Waals surface area contributed by atoms with Crippen LogP contribution >= 0.6 is 19.6 Å². The van der Waals surface area contributed by atoms with Crippen LogP contribution in [0, 0.1) is 0 Å². The highest BCUT2D eigenvalue weighted by Crippen LogP contribution is 2.43. The van der Waals surface area contributed by atoms with Crippen molar-refractivity contribution in [1.29, 1.82) is 0 Å². The molecule has 5 N–H and O–H groups in total. The molecule has 13 nitrogen and oxygen atoms in total. The summed E-state index contributed by atoms with van der Waals surface area (Å²) in [5, 5.41) is 19.5. The minimum Gasteiger partial charge on any atom is -0.481 e. The molecule has 0 aliphatic rings. The van der Waals surface area contributed by atoms with Gasteiger partial charge >= 0.3 is 25.7 Å². The van der Waals surface area contributed by atoms with Crippen LogP contribution in [-0.2, 0) is 37.5 Å². The summed E-state index contributed by atoms with van der Waals surface area (Å²) >= 11 is 1.23. The molecule has 0 aromatic carbocycles. The molecule has 0 aliphatic carbocycles. The zero-order valence-corrected chi connectivity index (χ0v) is 40.5. The number of esters is 2. The van der Waals surface area contributed by atoms with Crippen molar-refractivity contribution in [2.75, 3.05) is 53.3 Å². The number of thioether (sulfide) groups is 1. The topological polar surface area (TPSA) is 192 Å². The van der Waals surface area contributed by atoms with Crippen molar-refractivity contribution in [2.24, 2.45) is 5.73 Å². The van der Waals surface area contributed by atoms with Gasteiger partial charge in [-0.25, -0.2) is 4.57 Å². The Hall–Kier alpha value is -2.55. The van der Waals surface area contributed by atoms with Crippen molar-refractivity contribution in [2.45, 2.75) is 166 Å². The van der Waals surface area contributed by atoms with E-state index in [0.29, 0.717) is 17.4 Å². The third-order valence-electron chi connectivity index (χ3n) is 9.52. The average Bonchev–Trinajstić information content (AvgIpc) is 3.21. The van der Waals surface area contributed by atoms with Gasteiger partial charge in [0.15, 0.2) is 6.10 Å². The number of carbonyl (C=O) groups is 3. The Morgan fingerprint density at radius 3 is 2.00 bits per heavy atom. The van der Waals surface area contributed by atoms with Gasteiger partial charge in [-0.15, -0.1) is 11.8 Å². The molecule has 0 amide bonds. The Labute approximate surface area is 378 Å². The number of nitrogens with two attached hydrogens (primary N) is 1. The summed E-state index contributed by atoms with van der Waals surface area (Å²) in [5.41, 5.74) is 6.20. The van der Waals surface area contributed by atoms with Crippen molar-refractivity contribution in [1.82, 2.24) is 0 Å². The Bertz CT molecular complexity index is 1370. The number of aliphatic carboxylic acids is 1. The number of likely N-dealkylation sites (N-methyl/N-ethyl adjacent to an activating group) is 1. The van der Waals surface area contributed by atoms with Crippen LogP contribution in [0.1, 0.15) is 142 Å². The number of nitrogens with zero attached hydrogens (tertiary/aromatic N) is 1. The molecule has 0 aliphatic heterocycles. The molecule has 0 spiro atoms. The molecule has 15 heteroatoms. The fourth-order valence-corrected chi connectivity index (χ4v) is 7.61. The fraction of sp³-hybridized carbons (Fsp3) is 0.723. The van der Waals surface area contributed by atoms with Gasteiger partial charge in [-0.3, -0.25) is 23.4 Å². The molecule has 0 rings (SSSR count). The molecular weight excluding hydrogens is 832 g/mol. The molecule has 0 saturated carbocycles. The van der Waals surface area contributed by atoms with E-state index in [1.807, 2.05) is 45.4 Å². The first-order chi connectivity index (χ1) is 29.6. The number of hydrogen-bond acceptors (Lipinski definition) is 11. The van der Waals surface area contributed by atoms with E-state index in [4.69, 9.17) is 29.4 Å². The maximum absolute atomic E-state index is 13.0. The first-order valence-electron chi connectivity index (χ1n) is 23.0. The second-order valence-corrected chi connectivity index (χ2v) is 19.3. The number of hydrogen-bond donors (Lipinski definition) is 4. The number of aliphatic hydroxyl groups excluding tert-OH is 1. The number of aliphatic hydroxyl groups is 1. The summed E-state index contributed by atoms with van der Waals surface area (Å²) in [7, 11) is 1.21. The Kier molecular flexibility index (Phi) is 37.3. The molecule has 5 atom stereocenters. The monoisotopic (exact) mass is 916 g/mol. The van der Waals surface area contributed by atoms with E-state index in [-0.39, 0.29) is 38.0 Å². The van der Waals surface area contributed by atoms with Crippen molar-refractivity contribution in [3.8, 4) is 0 Å². The number of phosphoric acid groups is 1. The van der Waals surface area contributed by atoms with Crippen LogP contribution in [0.15, 0.2) is 60.8 Å². The van der Waals surface area contributed by atoms with E-state index in [2.05, 4.69) is 38.2 Å². The zero-order valence-electron chi connectivity index (χ0n) is 38.7. The second-order valence-electron chi connectivity index (χ2n) is 16.6. The van der Waals surface area contributed by atoms with Gasteiger partial charge in [-0.2, -0.15) is 0 Å². The first-order valence-corrected chi connectivity index (χ1v) is 25.5. The Balaban J connectivity index is 5.28. The van der Waals surface area contributed by atoms with Gasteiger partial charge in [-0.1, -0.05) is 126 Å². The third kappa shape index (κ3) is 39.1. The van der Waals surface area contributed by atoms with Gasteiger partial charge in [0.1, 0.15) is 25.8 Å². The fourth-order valence-electron chi connectivity index (χ4n) is 5.74. The van der Waals surface area contributed by atoms with E-state index >= 15 is 0 Å². The van der Waals surface area contributed by atoms with Gasteiger partial charge in [0.2, 0.25) is 0 Å². The van der Waals surface area contributed by atoms with Crippen LogP contribution in [0.2, 0.25) is 0 Å². The summed E-state index contributed by atoms with van der Waals surface area (Å²) in [5.74, 6) is -2.25. The molecule has 0 heterocycles. The van der Waals surface area contributed by atoms with Gasteiger partial charge < -0.3 is 34.8 Å². The predicted octanol–water partition coefficient (Wildman–Crippen LogP) is 9.78. The van der Waals surface area contributed by atoms with Crippen LogP contribution in [0.5, 0.6) is 0 Å². The van der Waals surface area contributed by atoms with Crippen LogP contribution in [-0.4, -0.2) is 114 Å². The van der Waals surface area contributed by atoms with E-state index in [1.165, 1.54) is 56.7 Å². The van der Waals surface area contributed by atoms with Crippen LogP contribution in [0.25, 0.3) is 0 Å². The number of quaternary nitrogens is 1. The van der Waals surface area contributed by atoms with E-state index in [0.717, 1.165) is 51.4 Å². The molecule has 0 radical (unpaired) electrons. The summed E-state index contributed by atoms with van der Waals surface area (Å²) in [6, 6.07) is -1.13. The lowest BCUT2D eigenvalue weighted by Crippen LogP contribution is -2.39. The minimum atomic E-state index is -4.51. The molecular formula is C47H84N2O11PS+. The number of phosphoric ester groups is 1. The highest BCUT2D eigenvalue weighted by Gasteiger charge is 2.28. The van der Waals surface area contributed by atoms with Crippen LogP contribution < -0.4 is 5.73 Å². The quantitative estimate of drug-likeness (QED) is 0.0113. The number of carbonyl (C=O) groups excluding carboxylic acids is 2. The number of allylic oxidation sites excluding steroid dienone is 9. The molecule has 62 heavy (non-hydrogen) atoms. The van der Waals surface area contributed by atoms with Crippen molar-refractivity contribution in [3.63, 3.8) is 0 Å². The van der Waals surface area contributed by atoms with Gasteiger partial charge in [0.25, 0.3) is 0 Å². The molecule has 0 bridgehead atoms. The van der Waals surface area contributed by atoms with Gasteiger partial charge in [-0.05, 0) is 64.2 Å². The third-order valence-corrected chi connectivity index (χ3v) is 11.9. The minimum absolute atomic E-state index is 0.0481. The summed E-state index contributed by atoms with van der Waals surface area (Å²) in [4.78, 5) is 47.2. The van der Waals surface area contributed by atoms with Crippen molar-refractivity contribution in [3.05, 3.63) is 60.8 Å². The van der Waals surface area contributed by atoms with E-state index in [9.17, 15) is 28.9 Å². The molecule has 358 valence electrons. The first kappa shape index (κ1) is 59.5. The summed E-state index contributed by atoms with van der Waals surface area (Å²) in [6.45, 7) is 3.77.